The average Bonchev–Trinajstić information content (AvgIpc) is 2.57. The Balaban J connectivity index is 1.81. The summed E-state index contributed by atoms with van der Waals surface area (Å²) in [6.07, 6.45) is 3.32. The maximum absolute atomic E-state index is 5.48. The molecule has 1 atom stereocenters. The third-order valence-electron chi connectivity index (χ3n) is 2.12. The van der Waals surface area contributed by atoms with E-state index >= 15 is 0 Å². The standard InChI is InChI=1S/C9H19NO2/c10-4-1-2-5-11-7-9-3-6-12-8-9/h9H,1-8,10H2. The SMILES string of the molecule is NCCCCOCC1CCOC1. The molecule has 0 aromatic rings. The molecule has 1 unspecified atom stereocenters. The number of hydrogen-bond acceptors (Lipinski definition) is 3. The van der Waals surface area contributed by atoms with E-state index in [1.807, 2.05) is 0 Å². The average molecular weight is 173 g/mol. The Morgan fingerprint density at radius 3 is 3.00 bits per heavy atom. The zero-order valence-electron chi connectivity index (χ0n) is 7.63. The third kappa shape index (κ3) is 4.04. The monoisotopic (exact) mass is 173 g/mol. The van der Waals surface area contributed by atoms with Crippen LogP contribution in [0.4, 0.5) is 0 Å². The second kappa shape index (κ2) is 6.40. The highest BCUT2D eigenvalue weighted by molar-refractivity contribution is 4.62. The molecule has 1 fully saturated rings. The number of ether oxygens (including phenoxy) is 2. The van der Waals surface area contributed by atoms with E-state index in [2.05, 4.69) is 0 Å². The van der Waals surface area contributed by atoms with E-state index in [9.17, 15) is 0 Å². The molecule has 0 saturated carbocycles. The predicted molar refractivity (Wildman–Crippen MR) is 48.0 cm³/mol. The molecule has 12 heavy (non-hydrogen) atoms. The minimum atomic E-state index is 0.642. The summed E-state index contributed by atoms with van der Waals surface area (Å²) >= 11 is 0. The van der Waals surface area contributed by atoms with Crippen molar-refractivity contribution in [2.75, 3.05) is 33.0 Å². The quantitative estimate of drug-likeness (QED) is 0.604. The van der Waals surface area contributed by atoms with E-state index in [1.165, 1.54) is 0 Å². The summed E-state index contributed by atoms with van der Waals surface area (Å²) in [4.78, 5) is 0. The fourth-order valence-electron chi connectivity index (χ4n) is 1.31. The van der Waals surface area contributed by atoms with Crippen molar-refractivity contribution in [1.82, 2.24) is 0 Å². The normalized spacial score (nSPS) is 23.2. The number of unbranched alkanes of at least 4 members (excludes halogenated alkanes) is 1. The van der Waals surface area contributed by atoms with Crippen molar-refractivity contribution < 1.29 is 9.47 Å². The van der Waals surface area contributed by atoms with Crippen LogP contribution in [0.2, 0.25) is 0 Å². The number of hydrogen-bond donors (Lipinski definition) is 1. The molecular formula is C9H19NO2. The number of rotatable bonds is 6. The molecule has 0 radical (unpaired) electrons. The Morgan fingerprint density at radius 2 is 2.33 bits per heavy atom. The van der Waals surface area contributed by atoms with Crippen molar-refractivity contribution in [2.45, 2.75) is 19.3 Å². The molecule has 0 spiro atoms. The second-order valence-corrected chi connectivity index (χ2v) is 3.30. The lowest BCUT2D eigenvalue weighted by molar-refractivity contribution is 0.0877. The van der Waals surface area contributed by atoms with Crippen LogP contribution < -0.4 is 5.73 Å². The van der Waals surface area contributed by atoms with Crippen LogP contribution in [-0.2, 0) is 9.47 Å². The van der Waals surface area contributed by atoms with Crippen LogP contribution in [0.3, 0.4) is 0 Å². The highest BCUT2D eigenvalue weighted by Gasteiger charge is 2.14. The molecule has 0 amide bonds. The van der Waals surface area contributed by atoms with Gasteiger partial charge in [-0.05, 0) is 25.8 Å². The zero-order valence-corrected chi connectivity index (χ0v) is 7.63. The first-order valence-electron chi connectivity index (χ1n) is 4.79. The molecule has 2 N–H and O–H groups in total. The Kier molecular flexibility index (Phi) is 5.32. The highest BCUT2D eigenvalue weighted by Crippen LogP contribution is 2.12. The third-order valence-corrected chi connectivity index (χ3v) is 2.12. The summed E-state index contributed by atoms with van der Waals surface area (Å²) < 4.78 is 10.7. The molecule has 1 aliphatic rings. The van der Waals surface area contributed by atoms with Crippen molar-refractivity contribution in [2.24, 2.45) is 11.7 Å². The Bertz CT molecular complexity index is 103. The molecule has 72 valence electrons. The highest BCUT2D eigenvalue weighted by atomic mass is 16.5. The summed E-state index contributed by atoms with van der Waals surface area (Å²) in [5.74, 6) is 0.642. The fraction of sp³-hybridized carbons (Fsp3) is 1.00. The van der Waals surface area contributed by atoms with Gasteiger partial charge in [0.15, 0.2) is 0 Å². The van der Waals surface area contributed by atoms with Crippen molar-refractivity contribution in [3.8, 4) is 0 Å². The van der Waals surface area contributed by atoms with Gasteiger partial charge in [0.05, 0.1) is 13.2 Å². The van der Waals surface area contributed by atoms with E-state index in [0.29, 0.717) is 5.92 Å². The van der Waals surface area contributed by atoms with Gasteiger partial charge in [-0.1, -0.05) is 0 Å². The van der Waals surface area contributed by atoms with Gasteiger partial charge in [0.2, 0.25) is 0 Å². The first kappa shape index (κ1) is 9.96. The minimum Gasteiger partial charge on any atom is -0.381 e. The van der Waals surface area contributed by atoms with Crippen LogP contribution in [-0.4, -0.2) is 33.0 Å². The van der Waals surface area contributed by atoms with E-state index in [0.717, 1.165) is 52.2 Å². The van der Waals surface area contributed by atoms with E-state index in [-0.39, 0.29) is 0 Å². The van der Waals surface area contributed by atoms with E-state index < -0.39 is 0 Å². The van der Waals surface area contributed by atoms with Crippen molar-refractivity contribution in [3.05, 3.63) is 0 Å². The van der Waals surface area contributed by atoms with Crippen LogP contribution in [0.5, 0.6) is 0 Å². The fourth-order valence-corrected chi connectivity index (χ4v) is 1.31. The Morgan fingerprint density at radius 1 is 1.42 bits per heavy atom. The predicted octanol–water partition coefficient (Wildman–Crippen LogP) is 0.778. The summed E-state index contributed by atoms with van der Waals surface area (Å²) in [6, 6.07) is 0. The molecule has 0 aromatic heterocycles. The minimum absolute atomic E-state index is 0.642. The summed E-state index contributed by atoms with van der Waals surface area (Å²) in [5.41, 5.74) is 5.36. The largest absolute Gasteiger partial charge is 0.381 e. The van der Waals surface area contributed by atoms with Crippen LogP contribution in [0.25, 0.3) is 0 Å². The first-order chi connectivity index (χ1) is 5.93. The molecular weight excluding hydrogens is 154 g/mol. The van der Waals surface area contributed by atoms with Crippen LogP contribution in [0.15, 0.2) is 0 Å². The molecule has 1 rings (SSSR count). The molecule has 0 aliphatic carbocycles. The van der Waals surface area contributed by atoms with Gasteiger partial charge in [0.1, 0.15) is 0 Å². The summed E-state index contributed by atoms with van der Waals surface area (Å²) in [6.45, 7) is 4.29. The molecule has 0 bridgehead atoms. The van der Waals surface area contributed by atoms with Gasteiger partial charge in [-0.15, -0.1) is 0 Å². The smallest absolute Gasteiger partial charge is 0.0517 e. The van der Waals surface area contributed by atoms with Gasteiger partial charge < -0.3 is 15.2 Å². The molecule has 1 saturated heterocycles. The van der Waals surface area contributed by atoms with Gasteiger partial charge in [-0.2, -0.15) is 0 Å². The molecule has 3 heteroatoms. The molecule has 0 aromatic carbocycles. The second-order valence-electron chi connectivity index (χ2n) is 3.30. The zero-order chi connectivity index (χ0) is 8.65. The van der Waals surface area contributed by atoms with Gasteiger partial charge in [-0.3, -0.25) is 0 Å². The lowest BCUT2D eigenvalue weighted by atomic mass is 10.1. The van der Waals surface area contributed by atoms with Gasteiger partial charge >= 0.3 is 0 Å². The van der Waals surface area contributed by atoms with Gasteiger partial charge in [-0.25, -0.2) is 0 Å². The van der Waals surface area contributed by atoms with Crippen LogP contribution in [0, 0.1) is 5.92 Å². The van der Waals surface area contributed by atoms with Crippen LogP contribution in [0.1, 0.15) is 19.3 Å². The maximum atomic E-state index is 5.48. The molecule has 1 aliphatic heterocycles. The molecule has 3 nitrogen and oxygen atoms in total. The maximum Gasteiger partial charge on any atom is 0.0517 e. The lowest BCUT2D eigenvalue weighted by Crippen LogP contribution is -2.10. The Hall–Kier alpha value is -0.120. The number of nitrogens with two attached hydrogens (primary N) is 1. The van der Waals surface area contributed by atoms with Gasteiger partial charge in [0, 0.05) is 19.1 Å². The van der Waals surface area contributed by atoms with Crippen molar-refractivity contribution in [3.63, 3.8) is 0 Å². The van der Waals surface area contributed by atoms with Crippen LogP contribution >= 0.6 is 0 Å². The lowest BCUT2D eigenvalue weighted by Gasteiger charge is -2.07. The Labute approximate surface area is 74.2 Å². The first-order valence-corrected chi connectivity index (χ1v) is 4.79. The summed E-state index contributed by atoms with van der Waals surface area (Å²) in [7, 11) is 0. The van der Waals surface area contributed by atoms with E-state index in [1.54, 1.807) is 0 Å². The van der Waals surface area contributed by atoms with Gasteiger partial charge in [0.25, 0.3) is 0 Å². The van der Waals surface area contributed by atoms with Crippen molar-refractivity contribution >= 4 is 0 Å². The summed E-state index contributed by atoms with van der Waals surface area (Å²) in [5, 5.41) is 0. The van der Waals surface area contributed by atoms with Crippen molar-refractivity contribution in [1.29, 1.82) is 0 Å². The topological polar surface area (TPSA) is 44.5 Å². The molecule has 1 heterocycles. The van der Waals surface area contributed by atoms with E-state index in [4.69, 9.17) is 15.2 Å².